The molecular weight excluding hydrogens is 360 g/mol. The van der Waals surface area contributed by atoms with E-state index in [9.17, 15) is 10.1 Å². The van der Waals surface area contributed by atoms with Crippen LogP contribution in [0, 0.1) is 17.0 Å². The van der Waals surface area contributed by atoms with Crippen molar-refractivity contribution in [3.8, 4) is 11.6 Å². The van der Waals surface area contributed by atoms with Crippen LogP contribution in [0.25, 0.3) is 0 Å². The van der Waals surface area contributed by atoms with Crippen LogP contribution in [0.4, 0.5) is 11.5 Å². The fourth-order valence-corrected chi connectivity index (χ4v) is 2.59. The van der Waals surface area contributed by atoms with E-state index in [4.69, 9.17) is 10.5 Å². The number of anilines is 1. The molecule has 0 aliphatic rings. The average Bonchev–Trinajstić information content (AvgIpc) is 2.40. The number of rotatable bonds is 4. The molecule has 7 nitrogen and oxygen atoms in total. The highest BCUT2D eigenvalue weighted by atomic mass is 79.9. The van der Waals surface area contributed by atoms with Gasteiger partial charge in [0.25, 0.3) is 0 Å². The second-order valence-electron chi connectivity index (χ2n) is 4.05. The van der Waals surface area contributed by atoms with Gasteiger partial charge in [0, 0.05) is 22.2 Å². The summed E-state index contributed by atoms with van der Waals surface area (Å²) in [6.45, 7) is 1.72. The molecule has 1 aromatic carbocycles. The third-order valence-corrected chi connectivity index (χ3v) is 3.51. The molecule has 1 aromatic heterocycles. The minimum atomic E-state index is -0.507. The summed E-state index contributed by atoms with van der Waals surface area (Å²) in [4.78, 5) is 18.8. The van der Waals surface area contributed by atoms with Crippen molar-refractivity contribution < 1.29 is 9.66 Å². The number of benzene rings is 1. The van der Waals surface area contributed by atoms with Gasteiger partial charge < -0.3 is 10.5 Å². The Balaban J connectivity index is 2.48. The molecule has 0 fully saturated rings. The standard InChI is InChI=1S/C12H11BrN4O3S/c1-6-3-7(13)4-8(17(18)19)11(6)20-10-5-9(14)15-12(16-10)21-2/h3-5H,1-2H3,(H2,14,15,16). The first-order chi connectivity index (χ1) is 9.90. The Morgan fingerprint density at radius 3 is 2.71 bits per heavy atom. The zero-order valence-electron chi connectivity index (χ0n) is 11.2. The van der Waals surface area contributed by atoms with E-state index in [0.717, 1.165) is 0 Å². The number of hydrogen-bond donors (Lipinski definition) is 1. The Kier molecular flexibility index (Phi) is 4.63. The maximum atomic E-state index is 11.1. The van der Waals surface area contributed by atoms with Crippen molar-refractivity contribution >= 4 is 39.2 Å². The summed E-state index contributed by atoms with van der Waals surface area (Å²) >= 11 is 4.53. The summed E-state index contributed by atoms with van der Waals surface area (Å²) < 4.78 is 6.18. The van der Waals surface area contributed by atoms with Crippen molar-refractivity contribution in [2.24, 2.45) is 0 Å². The lowest BCUT2D eigenvalue weighted by atomic mass is 10.2. The molecule has 0 amide bonds. The van der Waals surface area contributed by atoms with E-state index in [1.807, 2.05) is 0 Å². The highest BCUT2D eigenvalue weighted by Crippen LogP contribution is 2.37. The summed E-state index contributed by atoms with van der Waals surface area (Å²) in [7, 11) is 0. The summed E-state index contributed by atoms with van der Waals surface area (Å²) in [5.41, 5.74) is 6.12. The lowest BCUT2D eigenvalue weighted by Crippen LogP contribution is -2.00. The van der Waals surface area contributed by atoms with E-state index in [0.29, 0.717) is 15.2 Å². The van der Waals surface area contributed by atoms with Gasteiger partial charge in [0.05, 0.1) is 4.92 Å². The fourth-order valence-electron chi connectivity index (χ4n) is 1.65. The minimum Gasteiger partial charge on any atom is -0.431 e. The molecule has 0 radical (unpaired) electrons. The molecule has 0 aliphatic heterocycles. The van der Waals surface area contributed by atoms with Gasteiger partial charge in [-0.1, -0.05) is 27.7 Å². The number of nitrogens with zero attached hydrogens (tertiary/aromatic N) is 3. The summed E-state index contributed by atoms with van der Waals surface area (Å²) in [6.07, 6.45) is 1.80. The fraction of sp³-hybridized carbons (Fsp3) is 0.167. The topological polar surface area (TPSA) is 104 Å². The second-order valence-corrected chi connectivity index (χ2v) is 5.74. The number of aromatic nitrogens is 2. The number of aryl methyl sites for hydroxylation is 1. The first-order valence-electron chi connectivity index (χ1n) is 5.71. The van der Waals surface area contributed by atoms with Gasteiger partial charge >= 0.3 is 5.69 Å². The Labute approximate surface area is 133 Å². The predicted molar refractivity (Wildman–Crippen MR) is 83.8 cm³/mol. The third kappa shape index (κ3) is 3.61. The van der Waals surface area contributed by atoms with E-state index in [1.165, 1.54) is 23.9 Å². The van der Waals surface area contributed by atoms with Crippen LogP contribution in [-0.4, -0.2) is 21.1 Å². The van der Waals surface area contributed by atoms with E-state index in [-0.39, 0.29) is 23.1 Å². The normalized spacial score (nSPS) is 10.4. The quantitative estimate of drug-likeness (QED) is 0.379. The Morgan fingerprint density at radius 2 is 2.10 bits per heavy atom. The number of nitrogen functional groups attached to an aromatic ring is 1. The van der Waals surface area contributed by atoms with Gasteiger partial charge in [-0.25, -0.2) is 4.98 Å². The molecule has 21 heavy (non-hydrogen) atoms. The van der Waals surface area contributed by atoms with E-state index < -0.39 is 4.92 Å². The number of halogens is 1. The first-order valence-corrected chi connectivity index (χ1v) is 7.73. The van der Waals surface area contributed by atoms with Crippen molar-refractivity contribution in [2.45, 2.75) is 12.1 Å². The molecule has 0 saturated carbocycles. The Hall–Kier alpha value is -1.87. The van der Waals surface area contributed by atoms with Crippen LogP contribution >= 0.6 is 27.7 Å². The van der Waals surface area contributed by atoms with Gasteiger partial charge in [-0.3, -0.25) is 10.1 Å². The molecule has 0 bridgehead atoms. The van der Waals surface area contributed by atoms with Gasteiger partial charge in [-0.15, -0.1) is 0 Å². The highest BCUT2D eigenvalue weighted by Gasteiger charge is 2.20. The molecule has 110 valence electrons. The lowest BCUT2D eigenvalue weighted by Gasteiger charge is -2.10. The lowest BCUT2D eigenvalue weighted by molar-refractivity contribution is -0.385. The maximum Gasteiger partial charge on any atom is 0.313 e. The van der Waals surface area contributed by atoms with Crippen LogP contribution in [0.2, 0.25) is 0 Å². The number of ether oxygens (including phenoxy) is 1. The average molecular weight is 371 g/mol. The highest BCUT2D eigenvalue weighted by molar-refractivity contribution is 9.10. The SMILES string of the molecule is CSc1nc(N)cc(Oc2c(C)cc(Br)cc2[N+](=O)[O-])n1. The van der Waals surface area contributed by atoms with Crippen LogP contribution in [0.1, 0.15) is 5.56 Å². The summed E-state index contributed by atoms with van der Waals surface area (Å²) in [5.74, 6) is 0.537. The van der Waals surface area contributed by atoms with E-state index in [2.05, 4.69) is 25.9 Å². The maximum absolute atomic E-state index is 11.1. The minimum absolute atomic E-state index is 0.133. The van der Waals surface area contributed by atoms with Crippen molar-refractivity contribution in [3.05, 3.63) is 38.3 Å². The zero-order chi connectivity index (χ0) is 15.6. The molecule has 0 atom stereocenters. The van der Waals surface area contributed by atoms with Gasteiger partial charge in [0.15, 0.2) is 5.16 Å². The summed E-state index contributed by atoms with van der Waals surface area (Å²) in [6, 6.07) is 4.52. The number of hydrogen-bond acceptors (Lipinski definition) is 7. The van der Waals surface area contributed by atoms with Crippen LogP contribution in [-0.2, 0) is 0 Å². The zero-order valence-corrected chi connectivity index (χ0v) is 13.6. The van der Waals surface area contributed by atoms with Crippen molar-refractivity contribution in [1.29, 1.82) is 0 Å². The van der Waals surface area contributed by atoms with Crippen molar-refractivity contribution in [3.63, 3.8) is 0 Å². The molecule has 0 saturated heterocycles. The monoisotopic (exact) mass is 370 g/mol. The molecule has 2 rings (SSSR count). The van der Waals surface area contributed by atoms with Gasteiger partial charge in [0.2, 0.25) is 11.6 Å². The van der Waals surface area contributed by atoms with Gasteiger partial charge in [0.1, 0.15) is 5.82 Å². The molecule has 9 heteroatoms. The van der Waals surface area contributed by atoms with E-state index in [1.54, 1.807) is 19.2 Å². The van der Waals surface area contributed by atoms with Crippen LogP contribution in [0.15, 0.2) is 27.8 Å². The molecule has 0 spiro atoms. The van der Waals surface area contributed by atoms with Crippen molar-refractivity contribution in [2.75, 3.05) is 12.0 Å². The number of nitrogens with two attached hydrogens (primary N) is 1. The smallest absolute Gasteiger partial charge is 0.313 e. The van der Waals surface area contributed by atoms with E-state index >= 15 is 0 Å². The predicted octanol–water partition coefficient (Wildman–Crippen LogP) is 3.55. The molecule has 2 aromatic rings. The van der Waals surface area contributed by atoms with Crippen molar-refractivity contribution in [1.82, 2.24) is 9.97 Å². The largest absolute Gasteiger partial charge is 0.431 e. The molecular formula is C12H11BrN4O3S. The van der Waals surface area contributed by atoms with Crippen LogP contribution in [0.5, 0.6) is 11.6 Å². The molecule has 2 N–H and O–H groups in total. The van der Waals surface area contributed by atoms with Gasteiger partial charge in [-0.2, -0.15) is 4.98 Å². The Bertz CT molecular complexity index is 711. The van der Waals surface area contributed by atoms with Gasteiger partial charge in [-0.05, 0) is 19.2 Å². The molecule has 0 unspecified atom stereocenters. The molecule has 0 aliphatic carbocycles. The first kappa shape index (κ1) is 15.5. The molecule has 1 heterocycles. The van der Waals surface area contributed by atoms with Crippen LogP contribution < -0.4 is 10.5 Å². The third-order valence-electron chi connectivity index (χ3n) is 2.51. The summed E-state index contributed by atoms with van der Waals surface area (Å²) in [5, 5.41) is 11.6. The Morgan fingerprint density at radius 1 is 1.38 bits per heavy atom. The second kappa shape index (κ2) is 6.27. The number of nitro benzene ring substituents is 1. The number of nitro groups is 1. The van der Waals surface area contributed by atoms with Crippen LogP contribution in [0.3, 0.4) is 0 Å². The number of thioether (sulfide) groups is 1.